The van der Waals surface area contributed by atoms with E-state index in [-0.39, 0.29) is 18.2 Å². The first-order chi connectivity index (χ1) is 12.4. The Hall–Kier alpha value is -2.40. The summed E-state index contributed by atoms with van der Waals surface area (Å²) in [4.78, 5) is 14.6. The third-order valence-corrected chi connectivity index (χ3v) is 4.41. The molecule has 0 bridgehead atoms. The molecule has 0 unspecified atom stereocenters. The minimum absolute atomic E-state index is 0.177. The fraction of sp³-hybridized carbons (Fsp3) is 0.381. The molecule has 0 aliphatic rings. The smallest absolute Gasteiger partial charge is 0.251 e. The van der Waals surface area contributed by atoms with Gasteiger partial charge in [-0.25, -0.2) is 4.39 Å². The van der Waals surface area contributed by atoms with Crippen LogP contribution in [-0.2, 0) is 13.1 Å². The van der Waals surface area contributed by atoms with Gasteiger partial charge in [-0.3, -0.25) is 9.69 Å². The summed E-state index contributed by atoms with van der Waals surface area (Å²) < 4.78 is 18.6. The van der Waals surface area contributed by atoms with Crippen molar-refractivity contribution in [3.05, 3.63) is 65.0 Å². The number of carbonyl (C=O) groups excluding carboxylic acids is 1. The Balaban J connectivity index is 1.94. The van der Waals surface area contributed by atoms with Crippen molar-refractivity contribution < 1.29 is 13.9 Å². The molecule has 2 aromatic rings. The zero-order chi connectivity index (χ0) is 19.1. The molecule has 2 aromatic carbocycles. The van der Waals surface area contributed by atoms with Crippen LogP contribution in [0.4, 0.5) is 4.39 Å². The summed E-state index contributed by atoms with van der Waals surface area (Å²) in [5.41, 5.74) is 2.45. The number of nitrogens with one attached hydrogen (secondary N) is 1. The molecule has 0 saturated heterocycles. The Kier molecular flexibility index (Phi) is 7.16. The van der Waals surface area contributed by atoms with Crippen LogP contribution in [0.15, 0.2) is 42.5 Å². The quantitative estimate of drug-likeness (QED) is 0.776. The monoisotopic (exact) mass is 358 g/mol. The van der Waals surface area contributed by atoms with Gasteiger partial charge in [0.25, 0.3) is 5.91 Å². The zero-order valence-corrected chi connectivity index (χ0v) is 15.9. The predicted molar refractivity (Wildman–Crippen MR) is 102 cm³/mol. The van der Waals surface area contributed by atoms with Crippen molar-refractivity contribution >= 4 is 5.91 Å². The van der Waals surface area contributed by atoms with Crippen molar-refractivity contribution in [2.24, 2.45) is 0 Å². The first-order valence-electron chi connectivity index (χ1n) is 8.88. The lowest BCUT2D eigenvalue weighted by Gasteiger charge is -2.24. The molecule has 0 spiro atoms. The molecular weight excluding hydrogens is 331 g/mol. The van der Waals surface area contributed by atoms with E-state index in [1.807, 2.05) is 24.3 Å². The topological polar surface area (TPSA) is 41.6 Å². The van der Waals surface area contributed by atoms with Crippen LogP contribution in [0.3, 0.4) is 0 Å². The van der Waals surface area contributed by atoms with Gasteiger partial charge >= 0.3 is 0 Å². The first kappa shape index (κ1) is 19.9. The molecular formula is C21H27FN2O2. The molecule has 0 radical (unpaired) electrons. The van der Waals surface area contributed by atoms with Crippen molar-refractivity contribution in [3.63, 3.8) is 0 Å². The number of hydrogen-bond acceptors (Lipinski definition) is 3. The van der Waals surface area contributed by atoms with Gasteiger partial charge in [0.2, 0.25) is 0 Å². The van der Waals surface area contributed by atoms with Gasteiger partial charge in [-0.05, 0) is 55.8 Å². The Morgan fingerprint density at radius 1 is 1.15 bits per heavy atom. The third kappa shape index (κ3) is 5.30. The van der Waals surface area contributed by atoms with Crippen molar-refractivity contribution in [2.75, 3.05) is 13.7 Å². The maximum absolute atomic E-state index is 13.7. The number of carbonyl (C=O) groups is 1. The molecule has 26 heavy (non-hydrogen) atoms. The fourth-order valence-corrected chi connectivity index (χ4v) is 2.76. The number of nitrogens with zero attached hydrogens (tertiary/aromatic N) is 1. The summed E-state index contributed by atoms with van der Waals surface area (Å²) in [5, 5.41) is 2.81. The molecule has 0 atom stereocenters. The second kappa shape index (κ2) is 9.34. The molecule has 0 aliphatic heterocycles. The SMILES string of the molecule is CCN(Cc1ccc(C(=O)NCc2ccc(OC)c(F)c2)cc1)C(C)C. The lowest BCUT2D eigenvalue weighted by Crippen LogP contribution is -2.30. The Bertz CT molecular complexity index is 729. The lowest BCUT2D eigenvalue weighted by molar-refractivity contribution is 0.0951. The molecule has 5 heteroatoms. The lowest BCUT2D eigenvalue weighted by atomic mass is 10.1. The van der Waals surface area contributed by atoms with E-state index in [1.54, 1.807) is 12.1 Å². The van der Waals surface area contributed by atoms with Gasteiger partial charge in [-0.2, -0.15) is 0 Å². The summed E-state index contributed by atoms with van der Waals surface area (Å²) in [6.45, 7) is 8.60. The second-order valence-electron chi connectivity index (χ2n) is 6.51. The molecule has 0 saturated carbocycles. The molecule has 4 nitrogen and oxygen atoms in total. The molecule has 0 heterocycles. The van der Waals surface area contributed by atoms with E-state index in [1.165, 1.54) is 18.7 Å². The molecule has 0 fully saturated rings. The summed E-state index contributed by atoms with van der Waals surface area (Å²) >= 11 is 0. The van der Waals surface area contributed by atoms with Crippen LogP contribution in [-0.4, -0.2) is 30.5 Å². The van der Waals surface area contributed by atoms with E-state index in [9.17, 15) is 9.18 Å². The maximum Gasteiger partial charge on any atom is 0.251 e. The van der Waals surface area contributed by atoms with Crippen LogP contribution in [0.2, 0.25) is 0 Å². The number of hydrogen-bond donors (Lipinski definition) is 1. The highest BCUT2D eigenvalue weighted by Crippen LogP contribution is 2.17. The summed E-state index contributed by atoms with van der Waals surface area (Å²) in [5.74, 6) is -0.420. The summed E-state index contributed by atoms with van der Waals surface area (Å²) in [6.07, 6.45) is 0. The third-order valence-electron chi connectivity index (χ3n) is 4.41. The van der Waals surface area contributed by atoms with E-state index >= 15 is 0 Å². The van der Waals surface area contributed by atoms with Crippen LogP contribution in [0.25, 0.3) is 0 Å². The normalized spacial score (nSPS) is 11.0. The standard InChI is InChI=1S/C21H27FN2O2/c1-5-24(15(2)3)14-16-6-9-18(10-7-16)21(25)23-13-17-8-11-20(26-4)19(22)12-17/h6-12,15H,5,13-14H2,1-4H3,(H,23,25). The van der Waals surface area contributed by atoms with Crippen LogP contribution in [0.1, 0.15) is 42.3 Å². The van der Waals surface area contributed by atoms with Gasteiger partial charge in [0.15, 0.2) is 11.6 Å². The predicted octanol–water partition coefficient (Wildman–Crippen LogP) is 3.99. The van der Waals surface area contributed by atoms with Crippen molar-refractivity contribution in [1.29, 1.82) is 0 Å². The minimum atomic E-state index is -0.436. The highest BCUT2D eigenvalue weighted by atomic mass is 19.1. The van der Waals surface area contributed by atoms with Crippen LogP contribution in [0.5, 0.6) is 5.75 Å². The molecule has 140 valence electrons. The Labute approximate surface area is 155 Å². The number of halogens is 1. The van der Waals surface area contributed by atoms with E-state index in [4.69, 9.17) is 4.74 Å². The summed E-state index contributed by atoms with van der Waals surface area (Å²) in [6, 6.07) is 12.7. The van der Waals surface area contributed by atoms with Crippen LogP contribution >= 0.6 is 0 Å². The highest BCUT2D eigenvalue weighted by Gasteiger charge is 2.10. The fourth-order valence-electron chi connectivity index (χ4n) is 2.76. The Morgan fingerprint density at radius 3 is 2.35 bits per heavy atom. The molecule has 0 aromatic heterocycles. The average Bonchev–Trinajstić information content (AvgIpc) is 2.64. The van der Waals surface area contributed by atoms with Gasteiger partial charge in [0.05, 0.1) is 7.11 Å². The van der Waals surface area contributed by atoms with Gasteiger partial charge < -0.3 is 10.1 Å². The van der Waals surface area contributed by atoms with Gasteiger partial charge in [0, 0.05) is 24.7 Å². The second-order valence-corrected chi connectivity index (χ2v) is 6.51. The van der Waals surface area contributed by atoms with E-state index in [2.05, 4.69) is 31.0 Å². The van der Waals surface area contributed by atoms with Crippen molar-refractivity contribution in [3.8, 4) is 5.75 Å². The highest BCUT2D eigenvalue weighted by molar-refractivity contribution is 5.94. The zero-order valence-electron chi connectivity index (χ0n) is 15.9. The van der Waals surface area contributed by atoms with Gasteiger partial charge in [0.1, 0.15) is 0 Å². The Morgan fingerprint density at radius 2 is 1.81 bits per heavy atom. The average molecular weight is 358 g/mol. The maximum atomic E-state index is 13.7. The number of methoxy groups -OCH3 is 1. The molecule has 1 N–H and O–H groups in total. The van der Waals surface area contributed by atoms with E-state index < -0.39 is 5.82 Å². The van der Waals surface area contributed by atoms with Crippen LogP contribution < -0.4 is 10.1 Å². The molecule has 0 aliphatic carbocycles. The first-order valence-corrected chi connectivity index (χ1v) is 8.88. The van der Waals surface area contributed by atoms with Crippen molar-refractivity contribution in [2.45, 2.75) is 39.9 Å². The number of benzene rings is 2. The van der Waals surface area contributed by atoms with Crippen LogP contribution in [0, 0.1) is 5.82 Å². The summed E-state index contributed by atoms with van der Waals surface area (Å²) in [7, 11) is 1.42. The van der Waals surface area contributed by atoms with Crippen molar-refractivity contribution in [1.82, 2.24) is 10.2 Å². The largest absolute Gasteiger partial charge is 0.494 e. The number of rotatable bonds is 8. The molecule has 1 amide bonds. The number of amides is 1. The molecule has 2 rings (SSSR count). The van der Waals surface area contributed by atoms with Gasteiger partial charge in [-0.15, -0.1) is 0 Å². The van der Waals surface area contributed by atoms with E-state index in [0.717, 1.165) is 13.1 Å². The van der Waals surface area contributed by atoms with Gasteiger partial charge in [-0.1, -0.05) is 25.1 Å². The number of ether oxygens (including phenoxy) is 1. The van der Waals surface area contributed by atoms with E-state index in [0.29, 0.717) is 17.2 Å². The minimum Gasteiger partial charge on any atom is -0.494 e.